The Kier molecular flexibility index (Phi) is 3.68. The van der Waals surface area contributed by atoms with E-state index in [4.69, 9.17) is 0 Å². The summed E-state index contributed by atoms with van der Waals surface area (Å²) in [6, 6.07) is 0. The molecule has 7 atom stereocenters. The van der Waals surface area contributed by atoms with Gasteiger partial charge in [-0.2, -0.15) is 0 Å². The highest BCUT2D eigenvalue weighted by molar-refractivity contribution is 5.86. The van der Waals surface area contributed by atoms with Gasteiger partial charge in [-0.05, 0) is 56.8 Å². The van der Waals surface area contributed by atoms with Crippen molar-refractivity contribution in [3.63, 3.8) is 0 Å². The standard InChI is InChI=1S/C21H30O4/c1-12(22)21(25)9-7-16-15-5-4-13-10-14(23)6-8-19(13,2)18(15)17(24)11-20(16,21)3/h4-5,14,16-18,23-25H,6-11H2,1-3H3/t14-,16-,17+,18-,19+,20-,21-/m0/s1. The zero-order chi connectivity index (χ0) is 18.2. The van der Waals surface area contributed by atoms with E-state index in [1.807, 2.05) is 6.92 Å². The number of carbonyl (C=O) groups is 1. The van der Waals surface area contributed by atoms with E-state index < -0.39 is 17.1 Å². The third-order valence-corrected chi connectivity index (χ3v) is 8.22. The number of rotatable bonds is 1. The van der Waals surface area contributed by atoms with E-state index >= 15 is 0 Å². The van der Waals surface area contributed by atoms with E-state index in [0.29, 0.717) is 19.3 Å². The second-order valence-corrected chi connectivity index (χ2v) is 9.35. The quantitative estimate of drug-likeness (QED) is 0.682. The first kappa shape index (κ1) is 17.4. The number of Topliss-reactive ketones (excluding diaryl/α,β-unsaturated/α-hetero) is 1. The minimum Gasteiger partial charge on any atom is -0.393 e. The first-order valence-corrected chi connectivity index (χ1v) is 9.64. The number of allylic oxidation sites excluding steroid dienone is 2. The number of aliphatic hydroxyl groups is 3. The van der Waals surface area contributed by atoms with Crippen molar-refractivity contribution in [2.75, 3.05) is 0 Å². The topological polar surface area (TPSA) is 77.8 Å². The molecule has 0 bridgehead atoms. The maximum Gasteiger partial charge on any atom is 0.161 e. The molecular weight excluding hydrogens is 316 g/mol. The molecule has 4 rings (SSSR count). The van der Waals surface area contributed by atoms with Crippen molar-refractivity contribution < 1.29 is 20.1 Å². The number of carbonyl (C=O) groups excluding carboxylic acids is 1. The van der Waals surface area contributed by atoms with Gasteiger partial charge < -0.3 is 15.3 Å². The lowest BCUT2D eigenvalue weighted by Crippen LogP contribution is -2.58. The average Bonchev–Trinajstić information content (AvgIpc) is 2.80. The summed E-state index contributed by atoms with van der Waals surface area (Å²) in [5.74, 6) is -0.00792. The summed E-state index contributed by atoms with van der Waals surface area (Å²) >= 11 is 0. The Labute approximate surface area is 149 Å². The first-order chi connectivity index (χ1) is 11.6. The zero-order valence-electron chi connectivity index (χ0n) is 15.5. The van der Waals surface area contributed by atoms with Gasteiger partial charge in [-0.15, -0.1) is 0 Å². The predicted molar refractivity (Wildman–Crippen MR) is 94.7 cm³/mol. The van der Waals surface area contributed by atoms with Crippen LogP contribution in [0.1, 0.15) is 59.3 Å². The molecular formula is C21H30O4. The largest absolute Gasteiger partial charge is 0.393 e. The number of ketones is 1. The molecule has 4 heteroatoms. The van der Waals surface area contributed by atoms with Crippen LogP contribution in [-0.4, -0.2) is 38.9 Å². The fraction of sp³-hybridized carbons (Fsp3) is 0.762. The Morgan fingerprint density at radius 2 is 1.88 bits per heavy atom. The molecule has 25 heavy (non-hydrogen) atoms. The van der Waals surface area contributed by atoms with Crippen molar-refractivity contribution in [1.82, 2.24) is 0 Å². The number of hydrogen-bond donors (Lipinski definition) is 3. The molecule has 0 aromatic carbocycles. The van der Waals surface area contributed by atoms with Gasteiger partial charge in [0.1, 0.15) is 5.60 Å². The van der Waals surface area contributed by atoms with E-state index in [9.17, 15) is 20.1 Å². The van der Waals surface area contributed by atoms with Gasteiger partial charge in [-0.25, -0.2) is 0 Å². The van der Waals surface area contributed by atoms with Gasteiger partial charge >= 0.3 is 0 Å². The van der Waals surface area contributed by atoms with E-state index in [1.165, 1.54) is 18.1 Å². The lowest BCUT2D eigenvalue weighted by atomic mass is 9.49. The Bertz CT molecular complexity index is 679. The first-order valence-electron chi connectivity index (χ1n) is 9.64. The third kappa shape index (κ3) is 2.08. The van der Waals surface area contributed by atoms with Gasteiger partial charge in [0.2, 0.25) is 0 Å². The monoisotopic (exact) mass is 346 g/mol. The molecule has 3 N–H and O–H groups in total. The molecule has 0 amide bonds. The van der Waals surface area contributed by atoms with Gasteiger partial charge in [0, 0.05) is 11.3 Å². The van der Waals surface area contributed by atoms with E-state index in [0.717, 1.165) is 19.3 Å². The molecule has 138 valence electrons. The minimum atomic E-state index is -1.34. The highest BCUT2D eigenvalue weighted by atomic mass is 16.3. The highest BCUT2D eigenvalue weighted by Gasteiger charge is 2.65. The summed E-state index contributed by atoms with van der Waals surface area (Å²) in [5.41, 5.74) is 0.388. The van der Waals surface area contributed by atoms with Crippen molar-refractivity contribution in [3.8, 4) is 0 Å². The van der Waals surface area contributed by atoms with Crippen LogP contribution in [0.3, 0.4) is 0 Å². The van der Waals surface area contributed by atoms with Crippen molar-refractivity contribution in [3.05, 3.63) is 23.3 Å². The summed E-state index contributed by atoms with van der Waals surface area (Å²) in [5, 5.41) is 32.3. The Hall–Kier alpha value is -0.970. The van der Waals surface area contributed by atoms with Crippen molar-refractivity contribution in [2.24, 2.45) is 22.7 Å². The van der Waals surface area contributed by atoms with Crippen LogP contribution in [0.5, 0.6) is 0 Å². The lowest BCUT2D eigenvalue weighted by molar-refractivity contribution is -0.157. The van der Waals surface area contributed by atoms with Crippen LogP contribution >= 0.6 is 0 Å². The Balaban J connectivity index is 1.80. The maximum atomic E-state index is 12.2. The third-order valence-electron chi connectivity index (χ3n) is 8.22. The molecule has 3 fully saturated rings. The molecule has 3 saturated carbocycles. The molecule has 0 spiro atoms. The molecule has 0 aliphatic heterocycles. The lowest BCUT2D eigenvalue weighted by Gasteiger charge is -2.57. The van der Waals surface area contributed by atoms with E-state index in [-0.39, 0.29) is 29.1 Å². The predicted octanol–water partition coefficient (Wildman–Crippen LogP) is 2.52. The van der Waals surface area contributed by atoms with Gasteiger partial charge in [-0.1, -0.05) is 37.1 Å². The van der Waals surface area contributed by atoms with Crippen LogP contribution in [0.15, 0.2) is 23.3 Å². The number of aliphatic hydroxyl groups excluding tert-OH is 2. The van der Waals surface area contributed by atoms with Gasteiger partial charge in [-0.3, -0.25) is 4.79 Å². The summed E-state index contributed by atoms with van der Waals surface area (Å²) < 4.78 is 0. The second kappa shape index (κ2) is 5.28. The van der Waals surface area contributed by atoms with Gasteiger partial charge in [0.15, 0.2) is 5.78 Å². The fourth-order valence-corrected chi connectivity index (χ4v) is 6.70. The SMILES string of the molecule is CC(=O)[C@@]1(O)CC[C@H]2C3=CC=C4C[C@@H](O)CC[C@@]4(C)[C@@H]3[C@H](O)C[C@@]21C. The molecule has 0 aromatic heterocycles. The van der Waals surface area contributed by atoms with Crippen molar-refractivity contribution in [2.45, 2.75) is 77.1 Å². The molecule has 0 unspecified atom stereocenters. The second-order valence-electron chi connectivity index (χ2n) is 9.35. The molecule has 4 aliphatic rings. The minimum absolute atomic E-state index is 0.0346. The fourth-order valence-electron chi connectivity index (χ4n) is 6.70. The zero-order valence-corrected chi connectivity index (χ0v) is 15.5. The molecule has 0 radical (unpaired) electrons. The molecule has 4 nitrogen and oxygen atoms in total. The van der Waals surface area contributed by atoms with Crippen molar-refractivity contribution >= 4 is 5.78 Å². The summed E-state index contributed by atoms with van der Waals surface area (Å²) in [4.78, 5) is 12.2. The Morgan fingerprint density at radius 3 is 2.56 bits per heavy atom. The average molecular weight is 346 g/mol. The van der Waals surface area contributed by atoms with Gasteiger partial charge in [0.05, 0.1) is 12.2 Å². The smallest absolute Gasteiger partial charge is 0.161 e. The van der Waals surface area contributed by atoms with Crippen LogP contribution < -0.4 is 0 Å². The van der Waals surface area contributed by atoms with E-state index in [1.54, 1.807) is 0 Å². The van der Waals surface area contributed by atoms with Crippen LogP contribution in [0, 0.1) is 22.7 Å². The van der Waals surface area contributed by atoms with Crippen molar-refractivity contribution in [1.29, 1.82) is 0 Å². The number of hydrogen-bond acceptors (Lipinski definition) is 4. The number of fused-ring (bicyclic) bond motifs is 5. The molecule has 0 aromatic rings. The van der Waals surface area contributed by atoms with Gasteiger partial charge in [0.25, 0.3) is 0 Å². The van der Waals surface area contributed by atoms with Crippen LogP contribution in [0.2, 0.25) is 0 Å². The van der Waals surface area contributed by atoms with Crippen LogP contribution in [-0.2, 0) is 4.79 Å². The van der Waals surface area contributed by atoms with Crippen LogP contribution in [0.25, 0.3) is 0 Å². The summed E-state index contributed by atoms with van der Waals surface area (Å²) in [6.45, 7) is 5.68. The molecule has 4 aliphatic carbocycles. The molecule has 0 saturated heterocycles. The normalized spacial score (nSPS) is 51.8. The highest BCUT2D eigenvalue weighted by Crippen LogP contribution is 2.65. The maximum absolute atomic E-state index is 12.2. The molecule has 0 heterocycles. The Morgan fingerprint density at radius 1 is 1.16 bits per heavy atom. The van der Waals surface area contributed by atoms with Crippen LogP contribution in [0.4, 0.5) is 0 Å². The van der Waals surface area contributed by atoms with E-state index in [2.05, 4.69) is 19.1 Å². The summed E-state index contributed by atoms with van der Waals surface area (Å²) in [6.07, 6.45) is 7.47. The summed E-state index contributed by atoms with van der Waals surface area (Å²) in [7, 11) is 0.